The molecule has 0 aliphatic rings. The van der Waals surface area contributed by atoms with Crippen LogP contribution in [0.3, 0.4) is 0 Å². The van der Waals surface area contributed by atoms with Gasteiger partial charge in [0.15, 0.2) is 0 Å². The molecule has 1 aromatic heterocycles. The summed E-state index contributed by atoms with van der Waals surface area (Å²) in [5.41, 5.74) is 0.0162. The van der Waals surface area contributed by atoms with E-state index in [1.54, 1.807) is 7.11 Å². The maximum atomic E-state index is 5.17. The number of nitrogens with one attached hydrogen (secondary N) is 1. The van der Waals surface area contributed by atoms with Crippen LogP contribution in [0, 0.1) is 0 Å². The van der Waals surface area contributed by atoms with Crippen molar-refractivity contribution in [3.63, 3.8) is 0 Å². The fraction of sp³-hybridized carbons (Fsp3) is 0.643. The smallest absolute Gasteiger partial charge is 0.131 e. The Balaban J connectivity index is 2.81. The van der Waals surface area contributed by atoms with Crippen LogP contribution in [-0.4, -0.2) is 37.3 Å². The normalized spacial score (nSPS) is 13.2. The topological polar surface area (TPSA) is 37.4 Å². The summed E-state index contributed by atoms with van der Waals surface area (Å²) in [5.74, 6) is 1.85. The Hall–Kier alpha value is -1.29. The maximum Gasteiger partial charge on any atom is 0.131 e. The monoisotopic (exact) mass is 251 g/mol. The number of rotatable bonds is 5. The zero-order chi connectivity index (χ0) is 13.8. The molecule has 1 rings (SSSR count). The van der Waals surface area contributed by atoms with Crippen LogP contribution in [0.1, 0.15) is 27.7 Å². The van der Waals surface area contributed by atoms with Crippen LogP contribution in [0.25, 0.3) is 0 Å². The summed E-state index contributed by atoms with van der Waals surface area (Å²) in [7, 11) is 3.75. The van der Waals surface area contributed by atoms with Crippen molar-refractivity contribution in [3.8, 4) is 0 Å². The van der Waals surface area contributed by atoms with Gasteiger partial charge in [-0.15, -0.1) is 0 Å². The van der Waals surface area contributed by atoms with Gasteiger partial charge in [0.1, 0.15) is 11.6 Å². The van der Waals surface area contributed by atoms with Gasteiger partial charge in [-0.3, -0.25) is 0 Å². The van der Waals surface area contributed by atoms with Crippen LogP contribution in [0.4, 0.5) is 11.6 Å². The van der Waals surface area contributed by atoms with Crippen molar-refractivity contribution in [1.29, 1.82) is 0 Å². The van der Waals surface area contributed by atoms with E-state index in [4.69, 9.17) is 4.74 Å². The van der Waals surface area contributed by atoms with E-state index in [1.807, 2.05) is 25.2 Å². The Bertz CT molecular complexity index is 374. The molecule has 0 bridgehead atoms. The van der Waals surface area contributed by atoms with Crippen molar-refractivity contribution in [2.45, 2.75) is 39.3 Å². The van der Waals surface area contributed by atoms with Crippen molar-refractivity contribution in [3.05, 3.63) is 18.2 Å². The number of hydrogen-bond donors (Lipinski definition) is 1. The number of ether oxygens (including phenoxy) is 1. The lowest BCUT2D eigenvalue weighted by Gasteiger charge is -2.27. The summed E-state index contributed by atoms with van der Waals surface area (Å²) in [4.78, 5) is 6.74. The van der Waals surface area contributed by atoms with Gasteiger partial charge in [0, 0.05) is 19.7 Å². The van der Waals surface area contributed by atoms with Gasteiger partial charge in [-0.1, -0.05) is 6.07 Å². The molecule has 18 heavy (non-hydrogen) atoms. The van der Waals surface area contributed by atoms with Gasteiger partial charge in [-0.25, -0.2) is 4.98 Å². The van der Waals surface area contributed by atoms with E-state index < -0.39 is 0 Å². The summed E-state index contributed by atoms with van der Waals surface area (Å²) in [6, 6.07) is 6.32. The lowest BCUT2D eigenvalue weighted by Crippen LogP contribution is -2.33. The van der Waals surface area contributed by atoms with Crippen molar-refractivity contribution in [1.82, 2.24) is 4.98 Å². The summed E-state index contributed by atoms with van der Waals surface area (Å²) in [5, 5.41) is 3.38. The molecule has 1 atom stereocenters. The number of hydrogen-bond acceptors (Lipinski definition) is 4. The zero-order valence-electron chi connectivity index (χ0n) is 12.3. The Morgan fingerprint density at radius 3 is 2.61 bits per heavy atom. The summed E-state index contributed by atoms with van der Waals surface area (Å²) < 4.78 is 5.17. The highest BCUT2D eigenvalue weighted by molar-refractivity contribution is 5.48. The third-order valence-corrected chi connectivity index (χ3v) is 2.67. The molecule has 0 aliphatic heterocycles. The van der Waals surface area contributed by atoms with E-state index >= 15 is 0 Å². The second-order valence-electron chi connectivity index (χ2n) is 5.67. The molecule has 4 heteroatoms. The van der Waals surface area contributed by atoms with Crippen molar-refractivity contribution in [2.24, 2.45) is 0 Å². The molecule has 1 heterocycles. The fourth-order valence-corrected chi connectivity index (χ4v) is 1.65. The number of nitrogens with zero attached hydrogens (tertiary/aromatic N) is 2. The summed E-state index contributed by atoms with van der Waals surface area (Å²) in [6.45, 7) is 9.18. The molecular weight excluding hydrogens is 226 g/mol. The quantitative estimate of drug-likeness (QED) is 0.873. The molecule has 102 valence electrons. The third kappa shape index (κ3) is 4.53. The van der Waals surface area contributed by atoms with Gasteiger partial charge >= 0.3 is 0 Å². The molecule has 1 N–H and O–H groups in total. The first-order valence-corrected chi connectivity index (χ1v) is 6.30. The SMILES string of the molecule is COCC(C)N(C)c1cccc(NC(C)(C)C)n1. The molecule has 0 aliphatic carbocycles. The van der Waals surface area contributed by atoms with Crippen LogP contribution in [0.2, 0.25) is 0 Å². The van der Waals surface area contributed by atoms with E-state index in [0.717, 1.165) is 11.6 Å². The Labute approximate surface area is 110 Å². The number of methoxy groups -OCH3 is 1. The van der Waals surface area contributed by atoms with Crippen molar-refractivity contribution < 1.29 is 4.74 Å². The number of anilines is 2. The van der Waals surface area contributed by atoms with Gasteiger partial charge in [0.2, 0.25) is 0 Å². The maximum absolute atomic E-state index is 5.17. The Morgan fingerprint density at radius 1 is 1.39 bits per heavy atom. The number of likely N-dealkylation sites (N-methyl/N-ethyl adjacent to an activating group) is 1. The molecule has 0 saturated carbocycles. The second-order valence-corrected chi connectivity index (χ2v) is 5.67. The minimum absolute atomic E-state index is 0.0162. The van der Waals surface area contributed by atoms with Crippen LogP contribution in [0.5, 0.6) is 0 Å². The third-order valence-electron chi connectivity index (χ3n) is 2.67. The lowest BCUT2D eigenvalue weighted by atomic mass is 10.1. The van der Waals surface area contributed by atoms with Crippen LogP contribution in [0.15, 0.2) is 18.2 Å². The molecule has 1 aromatic rings. The molecule has 0 fully saturated rings. The highest BCUT2D eigenvalue weighted by Crippen LogP contribution is 2.18. The highest BCUT2D eigenvalue weighted by Gasteiger charge is 2.13. The van der Waals surface area contributed by atoms with Gasteiger partial charge in [-0.05, 0) is 39.8 Å². The van der Waals surface area contributed by atoms with E-state index in [-0.39, 0.29) is 5.54 Å². The minimum Gasteiger partial charge on any atom is -0.383 e. The largest absolute Gasteiger partial charge is 0.383 e. The molecular formula is C14H25N3O. The lowest BCUT2D eigenvalue weighted by molar-refractivity contribution is 0.183. The average molecular weight is 251 g/mol. The molecule has 0 amide bonds. The van der Waals surface area contributed by atoms with Crippen LogP contribution >= 0.6 is 0 Å². The van der Waals surface area contributed by atoms with Gasteiger partial charge < -0.3 is 15.0 Å². The average Bonchev–Trinajstić information content (AvgIpc) is 2.26. The molecule has 1 unspecified atom stereocenters. The standard InChI is InChI=1S/C14H25N3O/c1-11(10-18-6)17(5)13-9-7-8-12(15-13)16-14(2,3)4/h7-9,11H,10H2,1-6H3,(H,15,16). The minimum atomic E-state index is 0.0162. The van der Waals surface area contributed by atoms with Gasteiger partial charge in [0.05, 0.1) is 12.6 Å². The van der Waals surface area contributed by atoms with Crippen LogP contribution < -0.4 is 10.2 Å². The number of pyridine rings is 1. The van der Waals surface area contributed by atoms with Crippen molar-refractivity contribution >= 4 is 11.6 Å². The van der Waals surface area contributed by atoms with Gasteiger partial charge in [-0.2, -0.15) is 0 Å². The fourth-order valence-electron chi connectivity index (χ4n) is 1.65. The van der Waals surface area contributed by atoms with Crippen molar-refractivity contribution in [2.75, 3.05) is 31.0 Å². The molecule has 0 radical (unpaired) electrons. The van der Waals surface area contributed by atoms with E-state index in [9.17, 15) is 0 Å². The first-order chi connectivity index (χ1) is 8.33. The highest BCUT2D eigenvalue weighted by atomic mass is 16.5. The summed E-state index contributed by atoms with van der Waals surface area (Å²) in [6.07, 6.45) is 0. The second kappa shape index (κ2) is 6.05. The van der Waals surface area contributed by atoms with Crippen LogP contribution in [-0.2, 0) is 4.74 Å². The molecule has 0 saturated heterocycles. The molecule has 0 spiro atoms. The molecule has 0 aromatic carbocycles. The van der Waals surface area contributed by atoms with E-state index in [2.05, 4.69) is 42.9 Å². The Morgan fingerprint density at radius 2 is 2.06 bits per heavy atom. The Kier molecular flexibility index (Phi) is 4.96. The predicted octanol–water partition coefficient (Wildman–Crippen LogP) is 2.76. The van der Waals surface area contributed by atoms with E-state index in [1.165, 1.54) is 0 Å². The first kappa shape index (κ1) is 14.8. The summed E-state index contributed by atoms with van der Waals surface area (Å²) >= 11 is 0. The predicted molar refractivity (Wildman–Crippen MR) is 77.4 cm³/mol. The van der Waals surface area contributed by atoms with Gasteiger partial charge in [0.25, 0.3) is 0 Å². The zero-order valence-corrected chi connectivity index (χ0v) is 12.3. The number of aromatic nitrogens is 1. The first-order valence-electron chi connectivity index (χ1n) is 6.30. The molecule has 4 nitrogen and oxygen atoms in total. The van der Waals surface area contributed by atoms with E-state index in [0.29, 0.717) is 12.6 Å².